The van der Waals surface area contributed by atoms with Crippen molar-refractivity contribution in [1.82, 2.24) is 0 Å². The Bertz CT molecular complexity index is 606. The van der Waals surface area contributed by atoms with Crippen LogP contribution in [0.4, 0.5) is 0 Å². The molecule has 3 fully saturated rings. The molecule has 0 aromatic carbocycles. The number of fused-ring (bicyclic) bond motifs is 5. The van der Waals surface area contributed by atoms with Crippen LogP contribution in [0.5, 0.6) is 0 Å². The van der Waals surface area contributed by atoms with Gasteiger partial charge in [-0.25, -0.2) is 0 Å². The highest BCUT2D eigenvalue weighted by Gasteiger charge is 2.62. The van der Waals surface area contributed by atoms with Gasteiger partial charge in [-0.2, -0.15) is 0 Å². The lowest BCUT2D eigenvalue weighted by atomic mass is 9.45. The van der Waals surface area contributed by atoms with Crippen LogP contribution in [0.1, 0.15) is 59.3 Å². The average Bonchev–Trinajstić information content (AvgIpc) is 2.76. The van der Waals surface area contributed by atoms with Crippen LogP contribution in [0.2, 0.25) is 0 Å². The molecule has 23 heavy (non-hydrogen) atoms. The molecule has 3 heteroatoms. The summed E-state index contributed by atoms with van der Waals surface area (Å²) in [7, 11) is 0. The number of Topliss-reactive ketones (excluding diaryl/α,β-unsaturated/α-hetero) is 1. The maximum Gasteiger partial charge on any atom is 0.155 e. The maximum atomic E-state index is 12.5. The predicted molar refractivity (Wildman–Crippen MR) is 87.7 cm³/mol. The van der Waals surface area contributed by atoms with Gasteiger partial charge in [0, 0.05) is 18.3 Å². The molecule has 4 aliphatic rings. The first-order valence-electron chi connectivity index (χ1n) is 9.23. The number of rotatable bonds is 0. The van der Waals surface area contributed by atoms with Gasteiger partial charge >= 0.3 is 0 Å². The minimum absolute atomic E-state index is 0.0668. The quantitative estimate of drug-likeness (QED) is 0.746. The number of hydrogen-bond acceptors (Lipinski definition) is 3. The summed E-state index contributed by atoms with van der Waals surface area (Å²) in [5, 5.41) is 11.0. The van der Waals surface area contributed by atoms with Crippen LogP contribution >= 0.6 is 0 Å². The van der Waals surface area contributed by atoms with Crippen LogP contribution in [-0.4, -0.2) is 22.8 Å². The number of ketones is 2. The van der Waals surface area contributed by atoms with Crippen molar-refractivity contribution in [2.75, 3.05) is 0 Å². The zero-order valence-corrected chi connectivity index (χ0v) is 14.5. The molecule has 0 bridgehead atoms. The van der Waals surface area contributed by atoms with Gasteiger partial charge in [-0.05, 0) is 60.8 Å². The number of aliphatic hydroxyl groups excluding tert-OH is 1. The third-order valence-electron chi connectivity index (χ3n) is 7.92. The van der Waals surface area contributed by atoms with Crippen molar-refractivity contribution in [2.45, 2.75) is 65.4 Å². The molecule has 0 heterocycles. The Morgan fingerprint density at radius 1 is 1.17 bits per heavy atom. The molecule has 0 aromatic rings. The van der Waals surface area contributed by atoms with Gasteiger partial charge in [0.25, 0.3) is 0 Å². The Kier molecular flexibility index (Phi) is 3.23. The predicted octanol–water partition coefficient (Wildman–Crippen LogP) is 3.30. The summed E-state index contributed by atoms with van der Waals surface area (Å²) in [4.78, 5) is 24.4. The summed E-state index contributed by atoms with van der Waals surface area (Å²) in [6.07, 6.45) is 6.23. The normalized spacial score (nSPS) is 52.5. The number of allylic oxidation sites excluding steroid dienone is 1. The van der Waals surface area contributed by atoms with E-state index in [0.29, 0.717) is 42.8 Å². The zero-order chi connectivity index (χ0) is 16.6. The van der Waals surface area contributed by atoms with E-state index in [1.54, 1.807) is 0 Å². The molecule has 7 atom stereocenters. The lowest BCUT2D eigenvalue weighted by molar-refractivity contribution is -0.149. The van der Waals surface area contributed by atoms with E-state index in [-0.39, 0.29) is 22.5 Å². The minimum atomic E-state index is -0.419. The van der Waals surface area contributed by atoms with E-state index in [0.717, 1.165) is 19.3 Å². The van der Waals surface area contributed by atoms with Crippen molar-refractivity contribution in [1.29, 1.82) is 0 Å². The van der Waals surface area contributed by atoms with Crippen LogP contribution in [-0.2, 0) is 9.59 Å². The van der Waals surface area contributed by atoms with E-state index < -0.39 is 6.10 Å². The number of aliphatic hydroxyl groups is 1. The highest BCUT2D eigenvalue weighted by atomic mass is 16.3. The van der Waals surface area contributed by atoms with E-state index in [9.17, 15) is 14.7 Å². The summed E-state index contributed by atoms with van der Waals surface area (Å²) in [5.74, 6) is 2.03. The Labute approximate surface area is 138 Å². The molecule has 0 amide bonds. The summed E-state index contributed by atoms with van der Waals surface area (Å²) in [6, 6.07) is 0. The van der Waals surface area contributed by atoms with E-state index in [1.165, 1.54) is 5.57 Å². The van der Waals surface area contributed by atoms with Gasteiger partial charge < -0.3 is 5.11 Å². The Balaban J connectivity index is 1.79. The van der Waals surface area contributed by atoms with Gasteiger partial charge in [0.15, 0.2) is 5.78 Å². The highest BCUT2D eigenvalue weighted by Crippen LogP contribution is 2.65. The fourth-order valence-electron chi connectivity index (χ4n) is 6.89. The van der Waals surface area contributed by atoms with Crippen molar-refractivity contribution in [3.63, 3.8) is 0 Å². The van der Waals surface area contributed by atoms with Crippen LogP contribution in [0, 0.1) is 34.5 Å². The summed E-state index contributed by atoms with van der Waals surface area (Å²) < 4.78 is 0. The maximum absolute atomic E-state index is 12.5. The molecule has 4 aliphatic carbocycles. The fourth-order valence-corrected chi connectivity index (χ4v) is 6.89. The topological polar surface area (TPSA) is 54.4 Å². The highest BCUT2D eigenvalue weighted by molar-refractivity contribution is 5.92. The van der Waals surface area contributed by atoms with Crippen molar-refractivity contribution in [3.05, 3.63) is 11.6 Å². The standard InChI is InChI=1S/C20H28O3/c1-11-8-13-14-4-5-17(23)20(14,3)10-16(22)18(13)19(2)7-6-12(21)9-15(11)19/h9,11,13-14,16,18,22H,4-8,10H2,1-3H3/t11-,13-,14-,16-,18+,19-,20-/m0/s1. The third kappa shape index (κ3) is 1.92. The van der Waals surface area contributed by atoms with Gasteiger partial charge in [-0.1, -0.05) is 26.3 Å². The molecule has 1 N–H and O–H groups in total. The van der Waals surface area contributed by atoms with E-state index >= 15 is 0 Å². The number of carbonyl (C=O) groups is 2. The second-order valence-electron chi connectivity index (χ2n) is 9.07. The summed E-state index contributed by atoms with van der Waals surface area (Å²) >= 11 is 0. The monoisotopic (exact) mass is 316 g/mol. The smallest absolute Gasteiger partial charge is 0.155 e. The molecule has 0 spiro atoms. The second-order valence-corrected chi connectivity index (χ2v) is 9.07. The van der Waals surface area contributed by atoms with Crippen molar-refractivity contribution >= 4 is 11.6 Å². The van der Waals surface area contributed by atoms with E-state index in [1.807, 2.05) is 6.08 Å². The Morgan fingerprint density at radius 3 is 2.65 bits per heavy atom. The van der Waals surface area contributed by atoms with E-state index in [2.05, 4.69) is 20.8 Å². The zero-order valence-electron chi connectivity index (χ0n) is 14.5. The molecule has 4 rings (SSSR count). The molecule has 126 valence electrons. The number of carbonyl (C=O) groups excluding carboxylic acids is 2. The van der Waals surface area contributed by atoms with Crippen LogP contribution in [0.25, 0.3) is 0 Å². The molecule has 3 nitrogen and oxygen atoms in total. The van der Waals surface area contributed by atoms with Gasteiger partial charge in [0.2, 0.25) is 0 Å². The van der Waals surface area contributed by atoms with E-state index in [4.69, 9.17) is 0 Å². The SMILES string of the molecule is C[C@H]1C[C@@H]2[C@H]([C@@H](O)C[C@]3(C)C(=O)CC[C@@H]23)[C@@]2(C)CCC(=O)C=C12. The molecule has 0 radical (unpaired) electrons. The van der Waals surface area contributed by atoms with Crippen LogP contribution < -0.4 is 0 Å². The molecule has 3 saturated carbocycles. The average molecular weight is 316 g/mol. The van der Waals surface area contributed by atoms with Gasteiger partial charge in [0.05, 0.1) is 6.10 Å². The van der Waals surface area contributed by atoms with Crippen molar-refractivity contribution in [2.24, 2.45) is 34.5 Å². The van der Waals surface area contributed by atoms with Gasteiger partial charge in [-0.3, -0.25) is 9.59 Å². The van der Waals surface area contributed by atoms with Crippen LogP contribution in [0.15, 0.2) is 11.6 Å². The van der Waals surface area contributed by atoms with Gasteiger partial charge in [0.1, 0.15) is 5.78 Å². The minimum Gasteiger partial charge on any atom is -0.393 e. The molecular formula is C20H28O3. The van der Waals surface area contributed by atoms with Crippen molar-refractivity contribution < 1.29 is 14.7 Å². The molecule has 0 unspecified atom stereocenters. The summed E-state index contributed by atoms with van der Waals surface area (Å²) in [6.45, 7) is 6.59. The summed E-state index contributed by atoms with van der Waals surface area (Å²) in [5.41, 5.74) is 0.882. The number of hydrogen-bond donors (Lipinski definition) is 1. The Morgan fingerprint density at radius 2 is 1.91 bits per heavy atom. The van der Waals surface area contributed by atoms with Crippen LogP contribution in [0.3, 0.4) is 0 Å². The molecular weight excluding hydrogens is 288 g/mol. The first-order chi connectivity index (χ1) is 10.8. The first kappa shape index (κ1) is 15.6. The lowest BCUT2D eigenvalue weighted by Crippen LogP contribution is -2.58. The largest absolute Gasteiger partial charge is 0.393 e. The third-order valence-corrected chi connectivity index (χ3v) is 7.92. The second kappa shape index (κ2) is 4.78. The molecule has 0 aromatic heterocycles. The molecule has 0 aliphatic heterocycles. The fraction of sp³-hybridized carbons (Fsp3) is 0.800. The molecule has 0 saturated heterocycles. The van der Waals surface area contributed by atoms with Gasteiger partial charge in [-0.15, -0.1) is 0 Å². The first-order valence-corrected chi connectivity index (χ1v) is 9.23. The Hall–Kier alpha value is -0.960. The lowest BCUT2D eigenvalue weighted by Gasteiger charge is -2.60. The van der Waals surface area contributed by atoms with Crippen molar-refractivity contribution in [3.8, 4) is 0 Å².